The van der Waals surface area contributed by atoms with Gasteiger partial charge in [0, 0.05) is 19.8 Å². The van der Waals surface area contributed by atoms with Crippen LogP contribution in [0.25, 0.3) is 0 Å². The summed E-state index contributed by atoms with van der Waals surface area (Å²) < 4.78 is 5.51. The van der Waals surface area contributed by atoms with Crippen molar-refractivity contribution in [3.05, 3.63) is 0 Å². The molecular formula is C26H41NO4. The second-order valence-corrected chi connectivity index (χ2v) is 11.6. The first-order valence-corrected chi connectivity index (χ1v) is 12.6. The monoisotopic (exact) mass is 431 g/mol. The van der Waals surface area contributed by atoms with E-state index in [1.165, 1.54) is 39.0 Å². The van der Waals surface area contributed by atoms with E-state index in [0.717, 1.165) is 37.5 Å². The summed E-state index contributed by atoms with van der Waals surface area (Å²) >= 11 is 0. The van der Waals surface area contributed by atoms with Crippen molar-refractivity contribution in [1.82, 2.24) is 5.32 Å². The predicted molar refractivity (Wildman–Crippen MR) is 119 cm³/mol. The normalized spacial score (nSPS) is 42.7. The maximum Gasteiger partial charge on any atom is 0.309 e. The van der Waals surface area contributed by atoms with Crippen molar-refractivity contribution in [2.45, 2.75) is 85.5 Å². The molecule has 0 aromatic carbocycles. The van der Waals surface area contributed by atoms with E-state index in [1.807, 2.05) is 0 Å². The van der Waals surface area contributed by atoms with Crippen LogP contribution in [-0.2, 0) is 19.1 Å². The van der Waals surface area contributed by atoms with Gasteiger partial charge in [-0.25, -0.2) is 0 Å². The van der Waals surface area contributed by atoms with Gasteiger partial charge in [-0.1, -0.05) is 20.8 Å². The summed E-state index contributed by atoms with van der Waals surface area (Å²) in [6.07, 6.45) is 9.94. The van der Waals surface area contributed by atoms with Crippen molar-refractivity contribution in [1.29, 1.82) is 0 Å². The van der Waals surface area contributed by atoms with Gasteiger partial charge in [-0.3, -0.25) is 14.4 Å². The molecule has 4 unspecified atom stereocenters. The molecule has 4 saturated carbocycles. The lowest BCUT2D eigenvalue weighted by Gasteiger charge is -2.60. The minimum absolute atomic E-state index is 0.0943. The lowest BCUT2D eigenvalue weighted by atomic mass is 9.44. The first-order chi connectivity index (χ1) is 14.7. The molecule has 4 rings (SSSR count). The molecule has 0 saturated heterocycles. The number of carbonyl (C=O) groups is 3. The summed E-state index contributed by atoms with van der Waals surface area (Å²) in [6, 6.07) is 0. The molecule has 8 atom stereocenters. The first-order valence-electron chi connectivity index (χ1n) is 12.6. The molecule has 5 heteroatoms. The van der Waals surface area contributed by atoms with Crippen LogP contribution < -0.4 is 5.32 Å². The maximum absolute atomic E-state index is 12.8. The molecule has 0 bridgehead atoms. The van der Waals surface area contributed by atoms with Crippen LogP contribution in [0.1, 0.15) is 85.5 Å². The largest absolute Gasteiger partial charge is 0.464 e. The first kappa shape index (κ1) is 22.8. The number of ketones is 1. The summed E-state index contributed by atoms with van der Waals surface area (Å²) in [5.74, 6) is 3.34. The SMILES string of the molecule is CC(=O)NCCOC(=O)[C@@H](C)[C@H]1CCC2C3CCC4CC(=O)CC[C@]4(C)C3CC[C@@]21C. The zero-order valence-electron chi connectivity index (χ0n) is 19.9. The van der Waals surface area contributed by atoms with Crippen LogP contribution in [0.4, 0.5) is 0 Å². The number of carbonyl (C=O) groups excluding carboxylic acids is 3. The smallest absolute Gasteiger partial charge is 0.309 e. The Labute approximate surface area is 187 Å². The van der Waals surface area contributed by atoms with Crippen LogP contribution in [0, 0.1) is 46.3 Å². The van der Waals surface area contributed by atoms with E-state index in [4.69, 9.17) is 4.74 Å². The highest BCUT2D eigenvalue weighted by Gasteiger charge is 2.61. The van der Waals surface area contributed by atoms with Gasteiger partial charge >= 0.3 is 5.97 Å². The molecule has 0 spiro atoms. The summed E-state index contributed by atoms with van der Waals surface area (Å²) in [6.45, 7) is 9.09. The van der Waals surface area contributed by atoms with E-state index in [0.29, 0.717) is 35.5 Å². The van der Waals surface area contributed by atoms with Gasteiger partial charge in [0.25, 0.3) is 0 Å². The number of rotatable bonds is 5. The molecule has 4 aliphatic rings. The molecule has 0 aliphatic heterocycles. The van der Waals surface area contributed by atoms with Crippen LogP contribution >= 0.6 is 0 Å². The minimum atomic E-state index is -0.110. The molecule has 31 heavy (non-hydrogen) atoms. The summed E-state index contributed by atoms with van der Waals surface area (Å²) in [4.78, 5) is 35.9. The Morgan fingerprint density at radius 1 is 1.06 bits per heavy atom. The fraction of sp³-hybridized carbons (Fsp3) is 0.885. The number of hydrogen-bond acceptors (Lipinski definition) is 4. The third-order valence-corrected chi connectivity index (χ3v) is 10.3. The van der Waals surface area contributed by atoms with E-state index in [1.54, 1.807) is 0 Å². The Hall–Kier alpha value is -1.39. The Balaban J connectivity index is 1.43. The fourth-order valence-corrected chi connectivity index (χ4v) is 8.58. The number of amides is 1. The molecule has 5 nitrogen and oxygen atoms in total. The second-order valence-electron chi connectivity index (χ2n) is 11.6. The third kappa shape index (κ3) is 3.95. The number of Topliss-reactive ketones (excluding diaryl/α,β-unsaturated/α-hetero) is 1. The Kier molecular flexibility index (Phi) is 6.26. The number of ether oxygens (including phenoxy) is 1. The predicted octanol–water partition coefficient (Wildman–Crippen LogP) is 4.53. The summed E-state index contributed by atoms with van der Waals surface area (Å²) in [7, 11) is 0. The number of esters is 1. The van der Waals surface area contributed by atoms with Gasteiger partial charge in [-0.15, -0.1) is 0 Å². The molecule has 0 aromatic heterocycles. The van der Waals surface area contributed by atoms with E-state index in [9.17, 15) is 14.4 Å². The van der Waals surface area contributed by atoms with Gasteiger partial charge in [-0.2, -0.15) is 0 Å². The molecule has 1 amide bonds. The van der Waals surface area contributed by atoms with Gasteiger partial charge in [0.15, 0.2) is 0 Å². The molecule has 4 aliphatic carbocycles. The molecule has 174 valence electrons. The zero-order chi connectivity index (χ0) is 22.4. The fourth-order valence-electron chi connectivity index (χ4n) is 8.58. The number of nitrogens with one attached hydrogen (secondary N) is 1. The van der Waals surface area contributed by atoms with Crippen molar-refractivity contribution in [2.75, 3.05) is 13.2 Å². The Morgan fingerprint density at radius 3 is 2.55 bits per heavy atom. The van der Waals surface area contributed by atoms with Crippen LogP contribution in [0.15, 0.2) is 0 Å². The quantitative estimate of drug-likeness (QED) is 0.513. The molecular weight excluding hydrogens is 390 g/mol. The Bertz CT molecular complexity index is 735. The second kappa shape index (κ2) is 8.51. The maximum atomic E-state index is 12.8. The van der Waals surface area contributed by atoms with Gasteiger partial charge in [0.05, 0.1) is 12.5 Å². The highest BCUT2D eigenvalue weighted by molar-refractivity contribution is 5.79. The molecule has 4 fully saturated rings. The summed E-state index contributed by atoms with van der Waals surface area (Å²) in [5, 5.41) is 2.68. The van der Waals surface area contributed by atoms with Gasteiger partial charge in [-0.05, 0) is 85.4 Å². The van der Waals surface area contributed by atoms with Crippen molar-refractivity contribution >= 4 is 17.7 Å². The highest BCUT2D eigenvalue weighted by Crippen LogP contribution is 2.68. The van der Waals surface area contributed by atoms with Crippen molar-refractivity contribution in [2.24, 2.45) is 46.3 Å². The highest BCUT2D eigenvalue weighted by atomic mass is 16.5. The van der Waals surface area contributed by atoms with Crippen molar-refractivity contribution in [3.8, 4) is 0 Å². The van der Waals surface area contributed by atoms with E-state index in [2.05, 4.69) is 26.1 Å². The third-order valence-electron chi connectivity index (χ3n) is 10.3. The van der Waals surface area contributed by atoms with E-state index >= 15 is 0 Å². The van der Waals surface area contributed by atoms with E-state index < -0.39 is 0 Å². The van der Waals surface area contributed by atoms with Gasteiger partial charge in [0.1, 0.15) is 12.4 Å². The van der Waals surface area contributed by atoms with Gasteiger partial charge in [0.2, 0.25) is 5.91 Å². The van der Waals surface area contributed by atoms with Crippen LogP contribution in [0.2, 0.25) is 0 Å². The lowest BCUT2D eigenvalue weighted by Crippen LogP contribution is -2.54. The molecule has 0 aromatic rings. The standard InChI is InChI=1S/C26H41NO4/c1-16(24(30)31-14-13-27-17(2)28)21-7-8-22-20-6-5-18-15-19(29)9-11-25(18,3)23(20)10-12-26(21,22)4/h16,18,20-23H,5-15H2,1-4H3,(H,27,28)/t16-,18?,20?,21+,22?,23?,25-,26+/m0/s1. The number of fused-ring (bicyclic) bond motifs is 5. The lowest BCUT2D eigenvalue weighted by molar-refractivity contribution is -0.155. The zero-order valence-corrected chi connectivity index (χ0v) is 19.9. The van der Waals surface area contributed by atoms with Crippen molar-refractivity contribution < 1.29 is 19.1 Å². The molecule has 0 radical (unpaired) electrons. The molecule has 0 heterocycles. The summed E-state index contributed by atoms with van der Waals surface area (Å²) in [5.41, 5.74) is 0.551. The van der Waals surface area contributed by atoms with E-state index in [-0.39, 0.29) is 29.8 Å². The average Bonchev–Trinajstić information content (AvgIpc) is 3.08. The van der Waals surface area contributed by atoms with Gasteiger partial charge < -0.3 is 10.1 Å². The van der Waals surface area contributed by atoms with Crippen LogP contribution in [-0.4, -0.2) is 30.8 Å². The molecule has 1 N–H and O–H groups in total. The van der Waals surface area contributed by atoms with Crippen LogP contribution in [0.3, 0.4) is 0 Å². The average molecular weight is 432 g/mol. The Morgan fingerprint density at radius 2 is 1.81 bits per heavy atom. The minimum Gasteiger partial charge on any atom is -0.464 e. The topological polar surface area (TPSA) is 72.5 Å². The van der Waals surface area contributed by atoms with Crippen LogP contribution in [0.5, 0.6) is 0 Å². The van der Waals surface area contributed by atoms with Crippen molar-refractivity contribution in [3.63, 3.8) is 0 Å². The number of hydrogen-bond donors (Lipinski definition) is 1.